The van der Waals surface area contributed by atoms with Crippen molar-refractivity contribution in [3.63, 3.8) is 0 Å². The summed E-state index contributed by atoms with van der Waals surface area (Å²) >= 11 is 0. The predicted molar refractivity (Wildman–Crippen MR) is 107 cm³/mol. The molecule has 10 heteroatoms. The van der Waals surface area contributed by atoms with Gasteiger partial charge in [-0.2, -0.15) is 18.2 Å². The van der Waals surface area contributed by atoms with Crippen molar-refractivity contribution in [3.8, 4) is 0 Å². The number of hydrogen-bond acceptors (Lipinski definition) is 6. The maximum Gasteiger partial charge on any atom is 0.421 e. The molecule has 0 saturated carbocycles. The Labute approximate surface area is 168 Å². The molecule has 1 aromatic heterocycles. The molecule has 3 N–H and O–H groups in total. The monoisotopic (exact) mass is 408 g/mol. The fraction of sp³-hybridized carbons (Fsp3) is 0.474. The maximum atomic E-state index is 13.4. The van der Waals surface area contributed by atoms with E-state index in [1.165, 1.54) is 0 Å². The fourth-order valence-corrected chi connectivity index (χ4v) is 3.36. The molecule has 1 aliphatic rings. The smallest absolute Gasteiger partial charge is 0.421 e. The van der Waals surface area contributed by atoms with Crippen LogP contribution < -0.4 is 16.1 Å². The van der Waals surface area contributed by atoms with Crippen LogP contribution in [0.15, 0.2) is 24.4 Å². The molecule has 1 aromatic carbocycles. The Balaban J connectivity index is 1.85. The van der Waals surface area contributed by atoms with E-state index < -0.39 is 11.7 Å². The Hall–Kier alpha value is -2.33. The average molecular weight is 408 g/mol. The molecule has 0 radical (unpaired) electrons. The number of nitrogens with zero attached hydrogens (tertiary/aromatic N) is 2. The van der Waals surface area contributed by atoms with Gasteiger partial charge in [-0.05, 0) is 36.0 Å². The second-order valence-electron chi connectivity index (χ2n) is 7.01. The number of anilines is 3. The highest BCUT2D eigenvalue weighted by Gasteiger charge is 2.36. The molecule has 1 unspecified atom stereocenters. The first-order chi connectivity index (χ1) is 13.9. The minimum atomic E-state index is -4.55. The van der Waals surface area contributed by atoms with Gasteiger partial charge in [0.1, 0.15) is 11.4 Å². The van der Waals surface area contributed by atoms with E-state index in [4.69, 9.17) is 4.65 Å². The number of fused-ring (bicyclic) bond motifs is 1. The van der Waals surface area contributed by atoms with Crippen molar-refractivity contribution in [2.45, 2.75) is 51.9 Å². The van der Waals surface area contributed by atoms with Gasteiger partial charge < -0.3 is 20.4 Å². The van der Waals surface area contributed by atoms with Crippen molar-refractivity contribution in [3.05, 3.63) is 35.5 Å². The van der Waals surface area contributed by atoms with Gasteiger partial charge in [-0.25, -0.2) is 4.98 Å². The van der Waals surface area contributed by atoms with Crippen LogP contribution in [0.25, 0.3) is 0 Å². The molecule has 0 aliphatic carbocycles. The number of alkyl halides is 3. The van der Waals surface area contributed by atoms with E-state index in [-0.39, 0.29) is 31.2 Å². The molecule has 1 atom stereocenters. The molecule has 6 nitrogen and oxygen atoms in total. The lowest BCUT2D eigenvalue weighted by molar-refractivity contribution is -0.137. The third kappa shape index (κ3) is 5.00. The zero-order valence-electron chi connectivity index (χ0n) is 16.4. The highest BCUT2D eigenvalue weighted by molar-refractivity contribution is 6.68. The SMILES string of the molecule is CCCC(CC)Nc1nc(Nc2ccc3c(c2)COB3CO)ncc1C(F)(F)F. The minimum Gasteiger partial charge on any atom is -0.425 e. The van der Waals surface area contributed by atoms with Gasteiger partial charge in [-0.15, -0.1) is 0 Å². The topological polar surface area (TPSA) is 79.3 Å². The molecular formula is C19H24BF3N4O2. The standard InChI is InChI=1S/C19H24BF3N4O2/c1-3-5-13(4-2)25-17-15(19(21,22)23)9-24-18(27-17)26-14-6-7-16-12(8-14)10-29-20(16)11-28/h6-9,13,28H,3-5,10-11H2,1-2H3,(H2,24,25,26,27). The third-order valence-corrected chi connectivity index (χ3v) is 4.92. The number of benzene rings is 1. The largest absolute Gasteiger partial charge is 0.425 e. The molecule has 156 valence electrons. The molecular weight excluding hydrogens is 384 g/mol. The first-order valence-electron chi connectivity index (χ1n) is 9.68. The van der Waals surface area contributed by atoms with Gasteiger partial charge in [-0.3, -0.25) is 0 Å². The summed E-state index contributed by atoms with van der Waals surface area (Å²) in [5, 5.41) is 15.2. The van der Waals surface area contributed by atoms with E-state index in [0.717, 1.165) is 30.1 Å². The van der Waals surface area contributed by atoms with Crippen molar-refractivity contribution >= 4 is 29.8 Å². The van der Waals surface area contributed by atoms with E-state index in [2.05, 4.69) is 20.6 Å². The zero-order chi connectivity index (χ0) is 21.0. The van der Waals surface area contributed by atoms with Crippen LogP contribution in [0.5, 0.6) is 0 Å². The van der Waals surface area contributed by atoms with Gasteiger partial charge in [0.05, 0.1) is 13.1 Å². The summed E-state index contributed by atoms with van der Waals surface area (Å²) in [6.07, 6.45) is -1.45. The van der Waals surface area contributed by atoms with Crippen molar-refractivity contribution < 1.29 is 22.9 Å². The van der Waals surface area contributed by atoms with Crippen LogP contribution >= 0.6 is 0 Å². The van der Waals surface area contributed by atoms with Crippen LogP contribution in [0.3, 0.4) is 0 Å². The second-order valence-corrected chi connectivity index (χ2v) is 7.01. The average Bonchev–Trinajstić information content (AvgIpc) is 3.09. The maximum absolute atomic E-state index is 13.4. The predicted octanol–water partition coefficient (Wildman–Crippen LogP) is 3.49. The zero-order valence-corrected chi connectivity index (χ0v) is 16.4. The molecule has 3 rings (SSSR count). The summed E-state index contributed by atoms with van der Waals surface area (Å²) in [4.78, 5) is 7.96. The third-order valence-electron chi connectivity index (χ3n) is 4.92. The van der Waals surface area contributed by atoms with E-state index in [0.29, 0.717) is 18.7 Å². The van der Waals surface area contributed by atoms with E-state index in [1.54, 1.807) is 6.07 Å². The highest BCUT2D eigenvalue weighted by Crippen LogP contribution is 2.34. The number of aliphatic hydroxyl groups excluding tert-OH is 1. The molecule has 0 bridgehead atoms. The van der Waals surface area contributed by atoms with Crippen molar-refractivity contribution in [2.24, 2.45) is 0 Å². The van der Waals surface area contributed by atoms with Gasteiger partial charge >= 0.3 is 13.1 Å². The van der Waals surface area contributed by atoms with Gasteiger partial charge in [0.2, 0.25) is 5.95 Å². The number of rotatable bonds is 8. The lowest BCUT2D eigenvalue weighted by atomic mass is 9.62. The Morgan fingerprint density at radius 3 is 2.76 bits per heavy atom. The van der Waals surface area contributed by atoms with Crippen LogP contribution in [0.1, 0.15) is 44.2 Å². The molecule has 1 aliphatic heterocycles. The summed E-state index contributed by atoms with van der Waals surface area (Å²) in [6, 6.07) is 5.31. The second kappa shape index (κ2) is 9.00. The minimum absolute atomic E-state index is 0.0735. The molecule has 0 amide bonds. The number of hydrogen-bond donors (Lipinski definition) is 3. The van der Waals surface area contributed by atoms with Gasteiger partial charge in [0, 0.05) is 17.9 Å². The number of aromatic nitrogens is 2. The van der Waals surface area contributed by atoms with Crippen molar-refractivity contribution in [1.82, 2.24) is 9.97 Å². The van der Waals surface area contributed by atoms with Crippen LogP contribution in [-0.2, 0) is 17.4 Å². The normalized spacial score (nSPS) is 14.6. The molecule has 0 spiro atoms. The number of nitrogens with one attached hydrogen (secondary N) is 2. The Morgan fingerprint density at radius 1 is 1.31 bits per heavy atom. The van der Waals surface area contributed by atoms with Gasteiger partial charge in [0.15, 0.2) is 0 Å². The summed E-state index contributed by atoms with van der Waals surface area (Å²) in [5.74, 6) is -0.149. The number of aliphatic hydroxyl groups is 1. The van der Waals surface area contributed by atoms with Crippen LogP contribution in [0.2, 0.25) is 0 Å². The molecule has 0 fully saturated rings. The number of halogens is 3. The van der Waals surface area contributed by atoms with E-state index in [1.807, 2.05) is 26.0 Å². The summed E-state index contributed by atoms with van der Waals surface area (Å²) in [6.45, 7) is 3.83. The van der Waals surface area contributed by atoms with Crippen molar-refractivity contribution in [2.75, 3.05) is 17.1 Å². The highest BCUT2D eigenvalue weighted by atomic mass is 19.4. The quantitative estimate of drug-likeness (QED) is 0.581. The van der Waals surface area contributed by atoms with Crippen LogP contribution in [0, 0.1) is 0 Å². The van der Waals surface area contributed by atoms with Crippen LogP contribution in [-0.4, -0.2) is 34.5 Å². The van der Waals surface area contributed by atoms with Gasteiger partial charge in [-0.1, -0.05) is 26.3 Å². The summed E-state index contributed by atoms with van der Waals surface area (Å²) in [7, 11) is 0. The first-order valence-corrected chi connectivity index (χ1v) is 9.68. The summed E-state index contributed by atoms with van der Waals surface area (Å²) in [5.41, 5.74) is 1.57. The lowest BCUT2D eigenvalue weighted by Gasteiger charge is -2.20. The Kier molecular flexibility index (Phi) is 6.64. The Morgan fingerprint density at radius 2 is 2.10 bits per heavy atom. The van der Waals surface area contributed by atoms with Crippen molar-refractivity contribution in [1.29, 1.82) is 0 Å². The molecule has 29 heavy (non-hydrogen) atoms. The first kappa shape index (κ1) is 21.4. The molecule has 0 saturated heterocycles. The lowest BCUT2D eigenvalue weighted by Crippen LogP contribution is -2.32. The van der Waals surface area contributed by atoms with Gasteiger partial charge in [0.25, 0.3) is 0 Å². The fourth-order valence-electron chi connectivity index (χ4n) is 3.36. The molecule has 2 aromatic rings. The van der Waals surface area contributed by atoms with E-state index >= 15 is 0 Å². The summed E-state index contributed by atoms with van der Waals surface area (Å²) < 4.78 is 45.7. The molecule has 2 heterocycles. The van der Waals surface area contributed by atoms with E-state index in [9.17, 15) is 18.3 Å². The van der Waals surface area contributed by atoms with Crippen LogP contribution in [0.4, 0.5) is 30.6 Å². The Bertz CT molecular complexity index is 851.